The number of nitriles is 1. The highest BCUT2D eigenvalue weighted by molar-refractivity contribution is 5.97. The summed E-state index contributed by atoms with van der Waals surface area (Å²) in [7, 11) is 1.27. The van der Waals surface area contributed by atoms with E-state index in [1.807, 2.05) is 12.1 Å². The van der Waals surface area contributed by atoms with Gasteiger partial charge in [0.2, 0.25) is 0 Å². The summed E-state index contributed by atoms with van der Waals surface area (Å²) >= 11 is 0. The van der Waals surface area contributed by atoms with E-state index in [9.17, 15) is 14.9 Å². The highest BCUT2D eigenvalue weighted by atomic mass is 16.5. The molecule has 2 aromatic carbocycles. The molecule has 1 heterocycles. The third-order valence-electron chi connectivity index (χ3n) is 4.79. The topological polar surface area (TPSA) is 130 Å². The zero-order valence-corrected chi connectivity index (χ0v) is 17.4. The Morgan fingerprint density at radius 1 is 1.22 bits per heavy atom. The van der Waals surface area contributed by atoms with Crippen LogP contribution in [0.5, 0.6) is 0 Å². The molecule has 0 aliphatic heterocycles. The zero-order chi connectivity index (χ0) is 22.9. The van der Waals surface area contributed by atoms with E-state index in [1.54, 1.807) is 54.7 Å². The van der Waals surface area contributed by atoms with Crippen molar-refractivity contribution in [3.8, 4) is 17.2 Å². The van der Waals surface area contributed by atoms with Gasteiger partial charge in [0, 0.05) is 18.2 Å². The van der Waals surface area contributed by atoms with Crippen LogP contribution in [0.1, 0.15) is 27.2 Å². The number of nitrogens with zero attached hydrogens (tertiary/aromatic N) is 3. The van der Waals surface area contributed by atoms with E-state index in [0.29, 0.717) is 16.8 Å². The average molecular weight is 427 g/mol. The Balaban J connectivity index is 1.77. The highest BCUT2D eigenvalue weighted by Gasteiger charge is 2.23. The first-order valence-corrected chi connectivity index (χ1v) is 9.72. The molecule has 0 aliphatic carbocycles. The molecule has 1 amide bonds. The standard InChI is InChI=1S/C24H21N5O3/c1-32-24(31)22(13-16-10-11-27-20(12-16)15-28-26)29-23(30)18-8-6-17(7-9-18)21-5-3-2-4-19(21)14-25/h2-12,15,22H,13,26H2,1H3,(H,29,30)/t22-/m0/s1. The monoisotopic (exact) mass is 427 g/mol. The molecule has 0 saturated heterocycles. The number of methoxy groups -OCH3 is 1. The minimum absolute atomic E-state index is 0.208. The summed E-state index contributed by atoms with van der Waals surface area (Å²) in [6, 6.07) is 18.8. The first-order chi connectivity index (χ1) is 15.5. The molecule has 3 rings (SSSR count). The maximum atomic E-state index is 12.8. The molecule has 3 aromatic rings. The average Bonchev–Trinajstić information content (AvgIpc) is 2.83. The van der Waals surface area contributed by atoms with E-state index in [2.05, 4.69) is 21.5 Å². The normalized spacial score (nSPS) is 11.5. The summed E-state index contributed by atoms with van der Waals surface area (Å²) in [5.74, 6) is 4.17. The fraction of sp³-hybridized carbons (Fsp3) is 0.125. The van der Waals surface area contributed by atoms with Crippen LogP contribution in [0.25, 0.3) is 11.1 Å². The molecule has 0 saturated carbocycles. The van der Waals surface area contributed by atoms with E-state index < -0.39 is 17.9 Å². The van der Waals surface area contributed by atoms with Gasteiger partial charge in [-0.2, -0.15) is 10.4 Å². The number of carbonyl (C=O) groups excluding carboxylic acids is 2. The number of pyridine rings is 1. The van der Waals surface area contributed by atoms with Crippen molar-refractivity contribution in [2.45, 2.75) is 12.5 Å². The lowest BCUT2D eigenvalue weighted by molar-refractivity contribution is -0.142. The lowest BCUT2D eigenvalue weighted by Gasteiger charge is -2.17. The third kappa shape index (κ3) is 5.34. The summed E-state index contributed by atoms with van der Waals surface area (Å²) in [5, 5.41) is 15.4. The van der Waals surface area contributed by atoms with Gasteiger partial charge in [-0.15, -0.1) is 0 Å². The molecule has 8 nitrogen and oxygen atoms in total. The maximum Gasteiger partial charge on any atom is 0.328 e. The Morgan fingerprint density at radius 3 is 2.66 bits per heavy atom. The Bertz CT molecular complexity index is 1180. The van der Waals surface area contributed by atoms with Crippen LogP contribution in [0.15, 0.2) is 72.0 Å². The molecule has 0 spiro atoms. The van der Waals surface area contributed by atoms with Crippen LogP contribution in [0, 0.1) is 11.3 Å². The summed E-state index contributed by atoms with van der Waals surface area (Å²) in [5.41, 5.74) is 3.81. The van der Waals surface area contributed by atoms with Crippen LogP contribution in [-0.2, 0) is 16.0 Å². The molecule has 0 bridgehead atoms. The van der Waals surface area contributed by atoms with Crippen LogP contribution < -0.4 is 11.2 Å². The van der Waals surface area contributed by atoms with Crippen molar-refractivity contribution in [2.75, 3.05) is 7.11 Å². The minimum atomic E-state index is -0.892. The number of benzene rings is 2. The van der Waals surface area contributed by atoms with E-state index in [-0.39, 0.29) is 6.42 Å². The van der Waals surface area contributed by atoms with Gasteiger partial charge in [0.1, 0.15) is 6.04 Å². The van der Waals surface area contributed by atoms with Crippen molar-refractivity contribution >= 4 is 18.1 Å². The van der Waals surface area contributed by atoms with Crippen LogP contribution in [0.4, 0.5) is 0 Å². The Morgan fingerprint density at radius 2 is 1.97 bits per heavy atom. The number of amides is 1. The molecule has 8 heteroatoms. The van der Waals surface area contributed by atoms with Crippen LogP contribution in [0.3, 0.4) is 0 Å². The predicted molar refractivity (Wildman–Crippen MR) is 120 cm³/mol. The molecule has 0 fully saturated rings. The molecule has 3 N–H and O–H groups in total. The van der Waals surface area contributed by atoms with Gasteiger partial charge in [-0.1, -0.05) is 30.3 Å². The highest BCUT2D eigenvalue weighted by Crippen LogP contribution is 2.23. The maximum absolute atomic E-state index is 12.8. The number of nitrogens with one attached hydrogen (secondary N) is 1. The van der Waals surface area contributed by atoms with E-state index in [4.69, 9.17) is 10.6 Å². The quantitative estimate of drug-likeness (QED) is 0.258. The van der Waals surface area contributed by atoms with Gasteiger partial charge in [-0.25, -0.2) is 4.79 Å². The molecule has 0 unspecified atom stereocenters. The number of hydrazone groups is 1. The Kier molecular flexibility index (Phi) is 7.28. The number of rotatable bonds is 7. The van der Waals surface area contributed by atoms with Crippen LogP contribution >= 0.6 is 0 Å². The zero-order valence-electron chi connectivity index (χ0n) is 17.4. The molecule has 32 heavy (non-hydrogen) atoms. The first-order valence-electron chi connectivity index (χ1n) is 9.72. The van der Waals surface area contributed by atoms with Gasteiger partial charge in [0.05, 0.1) is 30.7 Å². The van der Waals surface area contributed by atoms with E-state index in [1.165, 1.54) is 13.3 Å². The fourth-order valence-corrected chi connectivity index (χ4v) is 3.21. The van der Waals surface area contributed by atoms with Gasteiger partial charge in [0.25, 0.3) is 5.91 Å². The number of hydrogen-bond acceptors (Lipinski definition) is 7. The van der Waals surface area contributed by atoms with Crippen molar-refractivity contribution in [1.82, 2.24) is 10.3 Å². The summed E-state index contributed by atoms with van der Waals surface area (Å²) < 4.78 is 4.86. The molecule has 160 valence electrons. The molecular formula is C24H21N5O3. The van der Waals surface area contributed by atoms with E-state index in [0.717, 1.165) is 16.7 Å². The van der Waals surface area contributed by atoms with Gasteiger partial charge < -0.3 is 15.9 Å². The molecule has 1 aromatic heterocycles. The molecule has 1 atom stereocenters. The van der Waals surface area contributed by atoms with Crippen molar-refractivity contribution in [3.63, 3.8) is 0 Å². The van der Waals surface area contributed by atoms with Gasteiger partial charge in [0.15, 0.2) is 0 Å². The number of carbonyl (C=O) groups is 2. The van der Waals surface area contributed by atoms with Gasteiger partial charge in [-0.3, -0.25) is 9.78 Å². The largest absolute Gasteiger partial charge is 0.467 e. The van der Waals surface area contributed by atoms with Crippen LogP contribution in [-0.4, -0.2) is 36.2 Å². The summed E-state index contributed by atoms with van der Waals surface area (Å²) in [6.45, 7) is 0. The van der Waals surface area contributed by atoms with Crippen molar-refractivity contribution in [1.29, 1.82) is 5.26 Å². The predicted octanol–water partition coefficient (Wildman–Crippen LogP) is 2.43. The third-order valence-corrected chi connectivity index (χ3v) is 4.79. The van der Waals surface area contributed by atoms with Gasteiger partial charge >= 0.3 is 5.97 Å². The van der Waals surface area contributed by atoms with Crippen molar-refractivity contribution in [3.05, 3.63) is 89.2 Å². The Hall–Kier alpha value is -4.51. The summed E-state index contributed by atoms with van der Waals surface area (Å²) in [6.07, 6.45) is 3.17. The minimum Gasteiger partial charge on any atom is -0.467 e. The smallest absolute Gasteiger partial charge is 0.328 e. The molecular weight excluding hydrogens is 406 g/mol. The number of aromatic nitrogens is 1. The first kappa shape index (κ1) is 22.2. The van der Waals surface area contributed by atoms with Gasteiger partial charge in [-0.05, 0) is 47.0 Å². The number of hydrogen-bond donors (Lipinski definition) is 2. The second kappa shape index (κ2) is 10.5. The molecule has 0 radical (unpaired) electrons. The SMILES string of the molecule is COC(=O)[C@H](Cc1ccnc(C=NN)c1)NC(=O)c1ccc(-c2ccccc2C#N)cc1. The number of nitrogens with two attached hydrogens (primary N) is 1. The fourth-order valence-electron chi connectivity index (χ4n) is 3.21. The van der Waals surface area contributed by atoms with Crippen molar-refractivity contribution < 1.29 is 14.3 Å². The number of ether oxygens (including phenoxy) is 1. The lowest BCUT2D eigenvalue weighted by Crippen LogP contribution is -2.43. The van der Waals surface area contributed by atoms with Crippen molar-refractivity contribution in [2.24, 2.45) is 10.9 Å². The van der Waals surface area contributed by atoms with E-state index >= 15 is 0 Å². The molecule has 0 aliphatic rings. The summed E-state index contributed by atoms with van der Waals surface area (Å²) in [4.78, 5) is 29.2. The second-order valence-electron chi connectivity index (χ2n) is 6.86. The van der Waals surface area contributed by atoms with Crippen LogP contribution in [0.2, 0.25) is 0 Å². The second-order valence-corrected chi connectivity index (χ2v) is 6.86. The number of esters is 1. The lowest BCUT2D eigenvalue weighted by atomic mass is 9.99. The Labute approximate surface area is 185 Å².